The van der Waals surface area contributed by atoms with Crippen LogP contribution in [-0.4, -0.2) is 11.4 Å². The van der Waals surface area contributed by atoms with Crippen LogP contribution in [0.4, 0.5) is 0 Å². The summed E-state index contributed by atoms with van der Waals surface area (Å²) in [6.45, 7) is 3.41. The normalized spacial score (nSPS) is 27.4. The fourth-order valence-corrected chi connectivity index (χ4v) is 0.751. The third-order valence-electron chi connectivity index (χ3n) is 0.853. The first-order valence-corrected chi connectivity index (χ1v) is 2.66. The molecule has 0 aromatic carbocycles. The minimum Gasteiger partial charge on any atom is -0.353 e. The summed E-state index contributed by atoms with van der Waals surface area (Å²) >= 11 is 3.91. The van der Waals surface area contributed by atoms with Gasteiger partial charge >= 0.3 is 0 Å². The van der Waals surface area contributed by atoms with Crippen molar-refractivity contribution in [3.63, 3.8) is 0 Å². The van der Waals surface area contributed by atoms with E-state index in [1.807, 2.05) is 0 Å². The molecule has 44 valence electrons. The number of rotatable bonds is 0. The smallest absolute Gasteiger partial charge is 0.269 e. The number of thiol groups is 1. The predicted molar refractivity (Wildman–Crippen MR) is 33.2 cm³/mol. The molecule has 1 unspecified atom stereocenters. The number of carbonyl (C=O) groups excluding carboxylic acids is 1. The summed E-state index contributed by atoms with van der Waals surface area (Å²) in [5.41, 5.74) is 0.125. The summed E-state index contributed by atoms with van der Waals surface area (Å²) in [6.07, 6.45) is 0. The molecule has 0 aromatic heterocycles. The molecule has 1 atom stereocenters. The van der Waals surface area contributed by atoms with E-state index in [9.17, 15) is 4.79 Å². The molecule has 2 N–H and O–H groups in total. The van der Waals surface area contributed by atoms with Gasteiger partial charge in [-0.25, -0.2) is 0 Å². The molecular weight excluding hydrogens is 124 g/mol. The zero-order chi connectivity index (χ0) is 6.15. The van der Waals surface area contributed by atoms with Gasteiger partial charge in [0.25, 0.3) is 5.91 Å². The standard InChI is InChI=1S/C4H6N2OS/c1-2-3(7)6-4(8)5-2/h4-5,8H,1H2,(H,6,7). The zero-order valence-electron chi connectivity index (χ0n) is 4.14. The molecule has 1 aliphatic heterocycles. The summed E-state index contributed by atoms with van der Waals surface area (Å²) in [6, 6.07) is 0. The molecule has 0 radical (unpaired) electrons. The van der Waals surface area contributed by atoms with E-state index in [2.05, 4.69) is 29.8 Å². The SMILES string of the molecule is C=C1NC(S)NC1=O. The first-order chi connectivity index (χ1) is 3.70. The maximum Gasteiger partial charge on any atom is 0.269 e. The third kappa shape index (κ3) is 0.790. The highest BCUT2D eigenvalue weighted by Gasteiger charge is 2.19. The molecule has 1 saturated heterocycles. The highest BCUT2D eigenvalue weighted by atomic mass is 32.1. The second-order valence-corrected chi connectivity index (χ2v) is 2.02. The van der Waals surface area contributed by atoms with Crippen molar-refractivity contribution in [1.82, 2.24) is 10.6 Å². The minimum absolute atomic E-state index is 0.176. The lowest BCUT2D eigenvalue weighted by molar-refractivity contribution is -0.116. The Bertz CT molecular complexity index is 129. The van der Waals surface area contributed by atoms with Gasteiger partial charge in [0.05, 0.1) is 5.70 Å². The average molecular weight is 130 g/mol. The molecule has 4 heteroatoms. The Hall–Kier alpha value is -0.640. The molecule has 1 heterocycles. The highest BCUT2D eigenvalue weighted by molar-refractivity contribution is 7.80. The van der Waals surface area contributed by atoms with Gasteiger partial charge < -0.3 is 10.6 Å². The molecule has 8 heavy (non-hydrogen) atoms. The van der Waals surface area contributed by atoms with E-state index < -0.39 is 0 Å². The van der Waals surface area contributed by atoms with Crippen molar-refractivity contribution in [2.75, 3.05) is 0 Å². The average Bonchev–Trinajstić information content (AvgIpc) is 1.85. The number of hydrogen-bond acceptors (Lipinski definition) is 3. The van der Waals surface area contributed by atoms with Crippen LogP contribution in [0.3, 0.4) is 0 Å². The predicted octanol–water partition coefficient (Wildman–Crippen LogP) is -0.567. The third-order valence-corrected chi connectivity index (χ3v) is 1.11. The second-order valence-electron chi connectivity index (χ2n) is 1.50. The Morgan fingerprint density at radius 2 is 2.25 bits per heavy atom. The molecule has 0 bridgehead atoms. The van der Waals surface area contributed by atoms with Crippen molar-refractivity contribution < 1.29 is 4.79 Å². The summed E-state index contributed by atoms with van der Waals surface area (Å²) < 4.78 is 0. The van der Waals surface area contributed by atoms with E-state index in [0.717, 1.165) is 0 Å². The van der Waals surface area contributed by atoms with Crippen LogP contribution in [0.15, 0.2) is 12.3 Å². The monoisotopic (exact) mass is 130 g/mol. The van der Waals surface area contributed by atoms with Crippen LogP contribution in [0.25, 0.3) is 0 Å². The fourth-order valence-electron chi connectivity index (χ4n) is 0.478. The van der Waals surface area contributed by atoms with Crippen LogP contribution in [0.1, 0.15) is 0 Å². The molecule has 0 aromatic rings. The molecule has 0 saturated carbocycles. The molecule has 1 amide bonds. The van der Waals surface area contributed by atoms with E-state index >= 15 is 0 Å². The first-order valence-electron chi connectivity index (χ1n) is 2.14. The van der Waals surface area contributed by atoms with Crippen molar-refractivity contribution in [1.29, 1.82) is 0 Å². The molecule has 0 aliphatic carbocycles. The Morgan fingerprint density at radius 1 is 1.62 bits per heavy atom. The molecule has 1 rings (SSSR count). The van der Waals surface area contributed by atoms with Crippen LogP contribution >= 0.6 is 12.6 Å². The summed E-state index contributed by atoms with van der Waals surface area (Å²) in [4.78, 5) is 10.5. The second kappa shape index (κ2) is 1.70. The number of amides is 1. The molecule has 0 spiro atoms. The summed E-state index contributed by atoms with van der Waals surface area (Å²) in [5, 5.41) is 5.16. The van der Waals surface area contributed by atoms with E-state index in [0.29, 0.717) is 5.70 Å². The first kappa shape index (κ1) is 5.50. The number of hydrogen-bond donors (Lipinski definition) is 3. The van der Waals surface area contributed by atoms with Crippen molar-refractivity contribution >= 4 is 18.5 Å². The van der Waals surface area contributed by atoms with Gasteiger partial charge in [-0.1, -0.05) is 6.58 Å². The van der Waals surface area contributed by atoms with Crippen LogP contribution in [0.2, 0.25) is 0 Å². The highest BCUT2D eigenvalue weighted by Crippen LogP contribution is 1.99. The van der Waals surface area contributed by atoms with Gasteiger partial charge in [0.1, 0.15) is 5.50 Å². The van der Waals surface area contributed by atoms with Crippen molar-refractivity contribution in [3.05, 3.63) is 12.3 Å². The van der Waals surface area contributed by atoms with E-state index in [4.69, 9.17) is 0 Å². The van der Waals surface area contributed by atoms with Crippen LogP contribution in [-0.2, 0) is 4.79 Å². The Balaban J connectivity index is 2.64. The topological polar surface area (TPSA) is 41.1 Å². The molecular formula is C4H6N2OS. The van der Waals surface area contributed by atoms with Crippen LogP contribution in [0, 0.1) is 0 Å². The van der Waals surface area contributed by atoms with Crippen LogP contribution in [0.5, 0.6) is 0 Å². The molecule has 1 aliphatic rings. The van der Waals surface area contributed by atoms with Crippen molar-refractivity contribution in [2.45, 2.75) is 5.50 Å². The summed E-state index contributed by atoms with van der Waals surface area (Å²) in [5.74, 6) is -0.176. The fraction of sp³-hybridized carbons (Fsp3) is 0.250. The lowest BCUT2D eigenvalue weighted by atomic mass is 10.5. The van der Waals surface area contributed by atoms with Crippen molar-refractivity contribution in [3.8, 4) is 0 Å². The van der Waals surface area contributed by atoms with Gasteiger partial charge in [0, 0.05) is 0 Å². The Kier molecular flexibility index (Phi) is 1.17. The van der Waals surface area contributed by atoms with Gasteiger partial charge in [-0.15, -0.1) is 12.6 Å². The largest absolute Gasteiger partial charge is 0.353 e. The lowest BCUT2D eigenvalue weighted by Gasteiger charge is -1.97. The van der Waals surface area contributed by atoms with Gasteiger partial charge in [-0.05, 0) is 0 Å². The van der Waals surface area contributed by atoms with E-state index in [1.54, 1.807) is 0 Å². The van der Waals surface area contributed by atoms with Crippen molar-refractivity contribution in [2.24, 2.45) is 0 Å². The lowest BCUT2D eigenvalue weighted by Crippen LogP contribution is -2.25. The van der Waals surface area contributed by atoms with Gasteiger partial charge in [-0.2, -0.15) is 0 Å². The number of carbonyl (C=O) groups is 1. The van der Waals surface area contributed by atoms with Gasteiger partial charge in [0.2, 0.25) is 0 Å². The quantitative estimate of drug-likeness (QED) is 0.304. The van der Waals surface area contributed by atoms with E-state index in [-0.39, 0.29) is 11.4 Å². The molecule has 1 fully saturated rings. The number of nitrogens with one attached hydrogen (secondary N) is 2. The maximum atomic E-state index is 10.5. The minimum atomic E-state index is -0.255. The molecule has 3 nitrogen and oxygen atoms in total. The van der Waals surface area contributed by atoms with Crippen LogP contribution < -0.4 is 10.6 Å². The Labute approximate surface area is 52.6 Å². The Morgan fingerprint density at radius 3 is 2.38 bits per heavy atom. The summed E-state index contributed by atoms with van der Waals surface area (Å²) in [7, 11) is 0. The van der Waals surface area contributed by atoms with Gasteiger partial charge in [-0.3, -0.25) is 4.79 Å². The maximum absolute atomic E-state index is 10.5. The zero-order valence-corrected chi connectivity index (χ0v) is 5.03. The van der Waals surface area contributed by atoms with Gasteiger partial charge in [0.15, 0.2) is 0 Å². The van der Waals surface area contributed by atoms with E-state index in [1.165, 1.54) is 0 Å².